The molecule has 2 aromatic rings. The second-order valence-electron chi connectivity index (χ2n) is 6.38. The fourth-order valence-electron chi connectivity index (χ4n) is 3.49. The van der Waals surface area contributed by atoms with Crippen molar-refractivity contribution >= 4 is 22.3 Å². The van der Waals surface area contributed by atoms with E-state index in [1.54, 1.807) is 0 Å². The van der Waals surface area contributed by atoms with E-state index in [0.717, 1.165) is 63.3 Å². The van der Waals surface area contributed by atoms with Crippen LogP contribution in [-0.4, -0.2) is 58.3 Å². The predicted molar refractivity (Wildman–Crippen MR) is 101 cm³/mol. The summed E-state index contributed by atoms with van der Waals surface area (Å²) in [7, 11) is 0. The predicted octanol–water partition coefficient (Wildman–Crippen LogP) is 1.57. The second-order valence-corrected chi connectivity index (χ2v) is 7.31. The number of aliphatic imine (C=N–C) groups is 1. The lowest BCUT2D eigenvalue weighted by atomic mass is 10.3. The van der Waals surface area contributed by atoms with Gasteiger partial charge in [0.15, 0.2) is 11.8 Å². The van der Waals surface area contributed by atoms with Gasteiger partial charge in [-0.05, 0) is 30.9 Å². The molecule has 4 heterocycles. The monoisotopic (exact) mass is 359 g/mol. The van der Waals surface area contributed by atoms with Crippen molar-refractivity contribution in [1.82, 2.24) is 25.0 Å². The maximum Gasteiger partial charge on any atom is 0.194 e. The number of nitrogens with one attached hydrogen (secondary N) is 1. The van der Waals surface area contributed by atoms with Crippen molar-refractivity contribution in [3.8, 4) is 0 Å². The van der Waals surface area contributed by atoms with Crippen LogP contribution in [0.15, 0.2) is 22.5 Å². The minimum Gasteiger partial charge on any atom is -0.360 e. The van der Waals surface area contributed by atoms with Gasteiger partial charge in [0.25, 0.3) is 0 Å². The summed E-state index contributed by atoms with van der Waals surface area (Å²) in [6.45, 7) is 8.66. The lowest BCUT2D eigenvalue weighted by Gasteiger charge is -2.37. The Labute approximate surface area is 152 Å². The van der Waals surface area contributed by atoms with Crippen LogP contribution in [-0.2, 0) is 19.5 Å². The summed E-state index contributed by atoms with van der Waals surface area (Å²) < 4.78 is 2.22. The van der Waals surface area contributed by atoms with Gasteiger partial charge >= 0.3 is 0 Å². The SMILES string of the molecule is CCNC(=NCc1nnc2n1CCC2)N1CCN(c2cccs2)CC1. The van der Waals surface area contributed by atoms with Gasteiger partial charge in [0.2, 0.25) is 0 Å². The van der Waals surface area contributed by atoms with Crippen LogP contribution >= 0.6 is 11.3 Å². The third-order valence-corrected chi connectivity index (χ3v) is 5.72. The highest BCUT2D eigenvalue weighted by Gasteiger charge is 2.21. The topological polar surface area (TPSA) is 61.6 Å². The van der Waals surface area contributed by atoms with Crippen LogP contribution in [0.25, 0.3) is 0 Å². The van der Waals surface area contributed by atoms with Gasteiger partial charge in [-0.25, -0.2) is 4.99 Å². The van der Waals surface area contributed by atoms with Crippen LogP contribution in [0.4, 0.5) is 5.00 Å². The maximum absolute atomic E-state index is 4.84. The number of rotatable bonds is 4. The molecule has 8 heteroatoms. The second kappa shape index (κ2) is 7.43. The molecule has 7 nitrogen and oxygen atoms in total. The van der Waals surface area contributed by atoms with E-state index in [1.807, 2.05) is 11.3 Å². The molecule has 1 saturated heterocycles. The highest BCUT2D eigenvalue weighted by Crippen LogP contribution is 2.22. The zero-order chi connectivity index (χ0) is 17.1. The molecule has 1 N–H and O–H groups in total. The van der Waals surface area contributed by atoms with Gasteiger partial charge in [0, 0.05) is 45.7 Å². The number of thiophene rings is 1. The number of anilines is 1. The molecular weight excluding hydrogens is 334 g/mol. The number of nitrogens with zero attached hydrogens (tertiary/aromatic N) is 6. The molecule has 2 aliphatic rings. The van der Waals surface area contributed by atoms with Gasteiger partial charge in [0.05, 0.1) is 5.00 Å². The molecule has 0 spiro atoms. The van der Waals surface area contributed by atoms with E-state index >= 15 is 0 Å². The fraction of sp³-hybridized carbons (Fsp3) is 0.588. The molecule has 2 aromatic heterocycles. The van der Waals surface area contributed by atoms with Crippen LogP contribution in [0, 0.1) is 0 Å². The van der Waals surface area contributed by atoms with E-state index in [1.165, 1.54) is 11.4 Å². The quantitative estimate of drug-likeness (QED) is 0.663. The van der Waals surface area contributed by atoms with E-state index in [2.05, 4.69) is 54.3 Å². The Morgan fingerprint density at radius 1 is 1.24 bits per heavy atom. The minimum absolute atomic E-state index is 0.598. The Hall–Kier alpha value is -2.09. The molecule has 0 saturated carbocycles. The number of fused-ring (bicyclic) bond motifs is 1. The molecule has 25 heavy (non-hydrogen) atoms. The maximum atomic E-state index is 4.84. The lowest BCUT2D eigenvalue weighted by molar-refractivity contribution is 0.373. The summed E-state index contributed by atoms with van der Waals surface area (Å²) in [6, 6.07) is 4.32. The highest BCUT2D eigenvalue weighted by atomic mass is 32.1. The van der Waals surface area contributed by atoms with Crippen molar-refractivity contribution in [3.63, 3.8) is 0 Å². The average molecular weight is 360 g/mol. The molecule has 0 amide bonds. The van der Waals surface area contributed by atoms with Gasteiger partial charge in [-0.1, -0.05) is 0 Å². The Kier molecular flexibility index (Phi) is 4.87. The summed E-state index contributed by atoms with van der Waals surface area (Å²) in [6.07, 6.45) is 2.22. The van der Waals surface area contributed by atoms with Gasteiger partial charge in [-0.15, -0.1) is 21.5 Å². The molecule has 4 rings (SSSR count). The minimum atomic E-state index is 0.598. The Morgan fingerprint density at radius 2 is 2.12 bits per heavy atom. The van der Waals surface area contributed by atoms with Crippen LogP contribution < -0.4 is 10.2 Å². The summed E-state index contributed by atoms with van der Waals surface area (Å²) in [5, 5.41) is 15.5. The number of hydrogen-bond donors (Lipinski definition) is 1. The summed E-state index contributed by atoms with van der Waals surface area (Å²) in [5.41, 5.74) is 0. The first-order valence-corrected chi connectivity index (χ1v) is 9.96. The Balaban J connectivity index is 1.40. The number of guanidine groups is 1. The zero-order valence-corrected chi connectivity index (χ0v) is 15.5. The van der Waals surface area contributed by atoms with Crippen molar-refractivity contribution in [2.24, 2.45) is 4.99 Å². The number of hydrogen-bond acceptors (Lipinski definition) is 5. The van der Waals surface area contributed by atoms with Crippen LogP contribution in [0.1, 0.15) is 25.0 Å². The summed E-state index contributed by atoms with van der Waals surface area (Å²) in [4.78, 5) is 9.65. The molecule has 0 aromatic carbocycles. The third kappa shape index (κ3) is 3.49. The number of aryl methyl sites for hydroxylation is 1. The van der Waals surface area contributed by atoms with E-state index in [4.69, 9.17) is 4.99 Å². The number of piperazine rings is 1. The summed E-state index contributed by atoms with van der Waals surface area (Å²) in [5.74, 6) is 3.09. The van der Waals surface area contributed by atoms with Crippen LogP contribution in [0.5, 0.6) is 0 Å². The first-order chi connectivity index (χ1) is 12.3. The van der Waals surface area contributed by atoms with E-state index in [0.29, 0.717) is 6.54 Å². The third-order valence-electron chi connectivity index (χ3n) is 4.79. The Bertz CT molecular complexity index is 713. The largest absolute Gasteiger partial charge is 0.360 e. The highest BCUT2D eigenvalue weighted by molar-refractivity contribution is 7.14. The lowest BCUT2D eigenvalue weighted by Crippen LogP contribution is -2.52. The molecule has 0 unspecified atom stereocenters. The van der Waals surface area contributed by atoms with E-state index < -0.39 is 0 Å². The van der Waals surface area contributed by atoms with Crippen molar-refractivity contribution in [3.05, 3.63) is 29.2 Å². The molecule has 0 bridgehead atoms. The standard InChI is InChI=1S/C17H25N7S/c1-2-18-17(19-13-15-21-20-14-5-3-7-24(14)15)23-10-8-22(9-11-23)16-6-4-12-25-16/h4,6,12H,2-3,5,7-11,13H2,1H3,(H,18,19). The summed E-state index contributed by atoms with van der Waals surface area (Å²) >= 11 is 1.81. The first kappa shape index (κ1) is 16.4. The average Bonchev–Trinajstić information content (AvgIpc) is 3.37. The normalized spacial score (nSPS) is 17.9. The zero-order valence-electron chi connectivity index (χ0n) is 14.7. The van der Waals surface area contributed by atoms with Gasteiger partial charge in [0.1, 0.15) is 12.4 Å². The van der Waals surface area contributed by atoms with Gasteiger partial charge in [-0.3, -0.25) is 0 Å². The number of aromatic nitrogens is 3. The van der Waals surface area contributed by atoms with E-state index in [-0.39, 0.29) is 0 Å². The van der Waals surface area contributed by atoms with Gasteiger partial charge < -0.3 is 19.7 Å². The van der Waals surface area contributed by atoms with Crippen molar-refractivity contribution in [1.29, 1.82) is 0 Å². The first-order valence-electron chi connectivity index (χ1n) is 9.08. The fourth-order valence-corrected chi connectivity index (χ4v) is 4.27. The molecular formula is C17H25N7S. The molecule has 0 atom stereocenters. The smallest absolute Gasteiger partial charge is 0.194 e. The van der Waals surface area contributed by atoms with Crippen molar-refractivity contribution in [2.75, 3.05) is 37.6 Å². The van der Waals surface area contributed by atoms with Crippen molar-refractivity contribution in [2.45, 2.75) is 32.9 Å². The van der Waals surface area contributed by atoms with E-state index in [9.17, 15) is 0 Å². The van der Waals surface area contributed by atoms with Gasteiger partial charge in [-0.2, -0.15) is 0 Å². The molecule has 134 valence electrons. The van der Waals surface area contributed by atoms with Crippen LogP contribution in [0.3, 0.4) is 0 Å². The Morgan fingerprint density at radius 3 is 2.88 bits per heavy atom. The van der Waals surface area contributed by atoms with Crippen LogP contribution in [0.2, 0.25) is 0 Å². The van der Waals surface area contributed by atoms with Crippen molar-refractivity contribution < 1.29 is 0 Å². The molecule has 1 fully saturated rings. The molecule has 0 aliphatic carbocycles. The molecule has 2 aliphatic heterocycles. The molecule has 0 radical (unpaired) electrons.